The van der Waals surface area contributed by atoms with Gasteiger partial charge in [-0.3, -0.25) is 19.5 Å². The lowest BCUT2D eigenvalue weighted by Gasteiger charge is -2.35. The number of hydrogen-bond donors (Lipinski definition) is 0. The van der Waals surface area contributed by atoms with Crippen LogP contribution >= 0.6 is 11.6 Å². The second kappa shape index (κ2) is 9.91. The molecule has 0 bridgehead atoms. The Bertz CT molecular complexity index is 1220. The molecule has 3 aliphatic rings. The highest BCUT2D eigenvalue weighted by atomic mass is 35.5. The molecule has 2 saturated heterocycles. The van der Waals surface area contributed by atoms with Gasteiger partial charge in [-0.05, 0) is 47.0 Å². The van der Waals surface area contributed by atoms with Crippen LogP contribution in [0.25, 0.3) is 0 Å². The standard InChI is InChI=1S/C26H30ClN6O3/c1-29-24-23(25(34)30(2)26(29)35)33(16-18-4-6-19(27)7-5-18)22(28-24)17-31-12-14-32(15-13-31)20-8-10-21(36-3)11-9-20/h4-11,23H,12-17H2,1-3H3/q+1. The molecule has 10 heteroatoms. The number of urea groups is 1. The van der Waals surface area contributed by atoms with Gasteiger partial charge in [0.25, 0.3) is 17.8 Å². The van der Waals surface area contributed by atoms with Crippen molar-refractivity contribution in [3.63, 3.8) is 0 Å². The monoisotopic (exact) mass is 509 g/mol. The normalized spacial score (nSPS) is 20.7. The van der Waals surface area contributed by atoms with Crippen molar-refractivity contribution in [3.8, 4) is 5.75 Å². The first-order chi connectivity index (χ1) is 17.4. The molecule has 1 atom stereocenters. The predicted octanol–water partition coefficient (Wildman–Crippen LogP) is 2.39. The van der Waals surface area contributed by atoms with Crippen LogP contribution in [0.2, 0.25) is 5.02 Å². The molecule has 188 valence electrons. The fourth-order valence-electron chi connectivity index (χ4n) is 4.90. The molecular weight excluding hydrogens is 480 g/mol. The number of likely N-dealkylation sites (N-methyl/N-ethyl adjacent to an activating group) is 2. The molecule has 0 spiro atoms. The van der Waals surface area contributed by atoms with Crippen molar-refractivity contribution in [1.82, 2.24) is 14.7 Å². The summed E-state index contributed by atoms with van der Waals surface area (Å²) >= 11 is 6.08. The van der Waals surface area contributed by atoms with E-state index in [1.165, 1.54) is 22.5 Å². The number of nitrogens with zero attached hydrogens (tertiary/aromatic N) is 6. The van der Waals surface area contributed by atoms with Crippen LogP contribution in [-0.2, 0) is 11.3 Å². The molecule has 0 aliphatic carbocycles. The minimum absolute atomic E-state index is 0.259. The quantitative estimate of drug-likeness (QED) is 0.559. The second-order valence-corrected chi connectivity index (χ2v) is 9.68. The van der Waals surface area contributed by atoms with Crippen LogP contribution in [0.5, 0.6) is 5.75 Å². The number of fused-ring (bicyclic) bond motifs is 1. The topological polar surface area (TPSA) is 71.7 Å². The molecule has 9 nitrogen and oxygen atoms in total. The summed E-state index contributed by atoms with van der Waals surface area (Å²) in [6, 6.07) is 14.7. The largest absolute Gasteiger partial charge is 0.497 e. The SMILES string of the molecule is COc1ccc(N2CCN(CC3=[N+](Cc4ccc(Cl)cc4)C4C(=O)N(C)C(=O)N(C)C4=N3)CC2)cc1. The first-order valence-electron chi connectivity index (χ1n) is 12.0. The number of halogens is 1. The fourth-order valence-corrected chi connectivity index (χ4v) is 5.03. The zero-order valence-electron chi connectivity index (χ0n) is 20.7. The number of amides is 3. The maximum absolute atomic E-state index is 13.2. The van der Waals surface area contributed by atoms with Gasteiger partial charge in [0.15, 0.2) is 0 Å². The first-order valence-corrected chi connectivity index (χ1v) is 12.4. The lowest BCUT2D eigenvalue weighted by atomic mass is 10.1. The molecule has 3 heterocycles. The lowest BCUT2D eigenvalue weighted by molar-refractivity contribution is -0.552. The molecule has 1 unspecified atom stereocenters. The van der Waals surface area contributed by atoms with Crippen molar-refractivity contribution in [2.24, 2.45) is 4.99 Å². The van der Waals surface area contributed by atoms with Gasteiger partial charge in [-0.2, -0.15) is 0 Å². The number of benzene rings is 2. The molecule has 2 aromatic carbocycles. The highest BCUT2D eigenvalue weighted by Gasteiger charge is 2.53. The zero-order chi connectivity index (χ0) is 25.4. The van der Waals surface area contributed by atoms with Crippen molar-refractivity contribution < 1.29 is 18.9 Å². The molecule has 0 radical (unpaired) electrons. The Morgan fingerprint density at radius 2 is 1.64 bits per heavy atom. The Morgan fingerprint density at radius 3 is 2.28 bits per heavy atom. The Labute approximate surface area is 215 Å². The number of aliphatic imine (C=N–C) groups is 1. The van der Waals surface area contributed by atoms with Crippen LogP contribution in [0.3, 0.4) is 0 Å². The second-order valence-electron chi connectivity index (χ2n) is 9.24. The van der Waals surface area contributed by atoms with Gasteiger partial charge in [0.05, 0.1) is 7.11 Å². The van der Waals surface area contributed by atoms with Gasteiger partial charge < -0.3 is 9.64 Å². The minimum atomic E-state index is -0.621. The van der Waals surface area contributed by atoms with E-state index in [-0.39, 0.29) is 11.9 Å². The van der Waals surface area contributed by atoms with Crippen molar-refractivity contribution in [1.29, 1.82) is 0 Å². The summed E-state index contributed by atoms with van der Waals surface area (Å²) in [7, 11) is 4.87. The van der Waals surface area contributed by atoms with E-state index in [0.717, 1.165) is 43.3 Å². The Kier molecular flexibility index (Phi) is 6.68. The molecule has 36 heavy (non-hydrogen) atoms. The highest BCUT2D eigenvalue weighted by Crippen LogP contribution is 2.23. The number of carbonyl (C=O) groups excluding carboxylic acids is 2. The maximum atomic E-state index is 13.2. The van der Waals surface area contributed by atoms with Gasteiger partial charge in [0.2, 0.25) is 0 Å². The summed E-state index contributed by atoms with van der Waals surface area (Å²) in [5.74, 6) is 1.88. The molecule has 3 amide bonds. The number of carbonyl (C=O) groups is 2. The van der Waals surface area contributed by atoms with Gasteiger partial charge in [0, 0.05) is 51.0 Å². The number of rotatable bonds is 6. The summed E-state index contributed by atoms with van der Waals surface area (Å²) in [5.41, 5.74) is 2.20. The minimum Gasteiger partial charge on any atom is -0.497 e. The van der Waals surface area contributed by atoms with E-state index in [0.29, 0.717) is 23.9 Å². The zero-order valence-corrected chi connectivity index (χ0v) is 21.5. The predicted molar refractivity (Wildman–Crippen MR) is 139 cm³/mol. The van der Waals surface area contributed by atoms with E-state index >= 15 is 0 Å². The van der Waals surface area contributed by atoms with Crippen molar-refractivity contribution >= 4 is 40.9 Å². The maximum Gasteiger partial charge on any atom is 0.333 e. The number of ether oxygens (including phenoxy) is 1. The molecule has 3 aliphatic heterocycles. The summed E-state index contributed by atoms with van der Waals surface area (Å²) in [4.78, 5) is 38.0. The van der Waals surface area contributed by atoms with E-state index in [1.54, 1.807) is 14.2 Å². The van der Waals surface area contributed by atoms with E-state index in [9.17, 15) is 9.59 Å². The molecule has 2 fully saturated rings. The van der Waals surface area contributed by atoms with Crippen LogP contribution in [0.1, 0.15) is 5.56 Å². The lowest BCUT2D eigenvalue weighted by Crippen LogP contribution is -2.61. The van der Waals surface area contributed by atoms with E-state index in [1.807, 2.05) is 41.0 Å². The van der Waals surface area contributed by atoms with Crippen LogP contribution in [0.15, 0.2) is 53.5 Å². The van der Waals surface area contributed by atoms with Crippen LogP contribution in [-0.4, -0.2) is 103 Å². The van der Waals surface area contributed by atoms with Crippen molar-refractivity contribution in [2.75, 3.05) is 58.8 Å². The van der Waals surface area contributed by atoms with E-state index in [2.05, 4.69) is 21.9 Å². The number of hydrogen-bond acceptors (Lipinski definition) is 6. The van der Waals surface area contributed by atoms with Crippen molar-refractivity contribution in [2.45, 2.75) is 12.6 Å². The fraction of sp³-hybridized carbons (Fsp3) is 0.385. The molecule has 0 saturated carbocycles. The molecule has 2 aromatic rings. The number of amidine groups is 2. The number of piperazine rings is 1. The Hall–Kier alpha value is -3.43. The van der Waals surface area contributed by atoms with Crippen molar-refractivity contribution in [3.05, 3.63) is 59.1 Å². The van der Waals surface area contributed by atoms with Crippen LogP contribution in [0.4, 0.5) is 10.5 Å². The third kappa shape index (κ3) is 4.56. The summed E-state index contributed by atoms with van der Waals surface area (Å²) in [5, 5.41) is 0.662. The van der Waals surface area contributed by atoms with Gasteiger partial charge in [-0.15, -0.1) is 0 Å². The average molecular weight is 510 g/mol. The summed E-state index contributed by atoms with van der Waals surface area (Å²) in [6.07, 6.45) is 0. The van der Waals surface area contributed by atoms with Gasteiger partial charge >= 0.3 is 11.9 Å². The molecule has 0 aromatic heterocycles. The Morgan fingerprint density at radius 1 is 0.972 bits per heavy atom. The average Bonchev–Trinajstić information content (AvgIpc) is 3.25. The third-order valence-electron chi connectivity index (χ3n) is 7.05. The smallest absolute Gasteiger partial charge is 0.333 e. The molecule has 5 rings (SSSR count). The summed E-state index contributed by atoms with van der Waals surface area (Å²) in [6.45, 7) is 4.60. The number of anilines is 1. The molecular formula is C26H30ClN6O3+. The molecule has 0 N–H and O–H groups in total. The Balaban J connectivity index is 1.36. The number of imide groups is 1. The summed E-state index contributed by atoms with van der Waals surface area (Å²) < 4.78 is 7.29. The van der Waals surface area contributed by atoms with E-state index in [4.69, 9.17) is 21.3 Å². The highest BCUT2D eigenvalue weighted by molar-refractivity contribution is 6.30. The van der Waals surface area contributed by atoms with Gasteiger partial charge in [-0.1, -0.05) is 23.7 Å². The van der Waals surface area contributed by atoms with Crippen LogP contribution in [0, 0.1) is 0 Å². The van der Waals surface area contributed by atoms with E-state index < -0.39 is 6.04 Å². The first kappa shape index (κ1) is 24.3. The van der Waals surface area contributed by atoms with Crippen LogP contribution < -0.4 is 9.64 Å². The third-order valence-corrected chi connectivity index (χ3v) is 7.31. The number of methoxy groups -OCH3 is 1. The van der Waals surface area contributed by atoms with Gasteiger partial charge in [0.1, 0.15) is 18.8 Å². The van der Waals surface area contributed by atoms with Gasteiger partial charge in [-0.25, -0.2) is 9.37 Å².